The molecule has 4 heterocycles. The fourth-order valence-electron chi connectivity index (χ4n) is 5.07. The second-order valence-corrected chi connectivity index (χ2v) is 7.00. The van der Waals surface area contributed by atoms with Crippen molar-refractivity contribution in [2.24, 2.45) is 11.8 Å². The van der Waals surface area contributed by atoms with Gasteiger partial charge in [-0.1, -0.05) is 0 Å². The quantitative estimate of drug-likeness (QED) is 0.705. The maximum Gasteiger partial charge on any atom is 0.222 e. The summed E-state index contributed by atoms with van der Waals surface area (Å²) in [6.45, 7) is 3.16. The highest BCUT2D eigenvalue weighted by atomic mass is 16.3. The first-order valence-corrected chi connectivity index (χ1v) is 7.94. The van der Waals surface area contributed by atoms with Crippen LogP contribution in [0, 0.1) is 11.8 Å². The Morgan fingerprint density at radius 3 is 2.79 bits per heavy atom. The zero-order valence-corrected chi connectivity index (χ0v) is 11.5. The van der Waals surface area contributed by atoms with Crippen LogP contribution in [-0.4, -0.2) is 58.6 Å². The number of amides is 1. The van der Waals surface area contributed by atoms with Crippen molar-refractivity contribution in [3.05, 3.63) is 0 Å². The first kappa shape index (κ1) is 12.2. The van der Waals surface area contributed by atoms with Gasteiger partial charge >= 0.3 is 0 Å². The average molecular weight is 264 g/mol. The van der Waals surface area contributed by atoms with Crippen LogP contribution in [0.5, 0.6) is 0 Å². The third kappa shape index (κ3) is 1.91. The van der Waals surface area contributed by atoms with Crippen molar-refractivity contribution in [2.75, 3.05) is 19.6 Å². The molecular formula is C15H24N2O2. The number of carbonyl (C=O) groups is 1. The minimum atomic E-state index is -0.118. The Morgan fingerprint density at radius 2 is 1.89 bits per heavy atom. The number of carbonyl (C=O) groups excluding carboxylic acids is 1. The van der Waals surface area contributed by atoms with Gasteiger partial charge in [0.2, 0.25) is 5.91 Å². The second-order valence-electron chi connectivity index (χ2n) is 7.00. The van der Waals surface area contributed by atoms with E-state index in [-0.39, 0.29) is 6.10 Å². The molecule has 106 valence electrons. The Hall–Kier alpha value is -0.610. The van der Waals surface area contributed by atoms with Crippen LogP contribution < -0.4 is 0 Å². The van der Waals surface area contributed by atoms with Crippen LogP contribution in [0.25, 0.3) is 0 Å². The highest BCUT2D eigenvalue weighted by Gasteiger charge is 2.48. The highest BCUT2D eigenvalue weighted by molar-refractivity contribution is 5.77. The van der Waals surface area contributed by atoms with Crippen molar-refractivity contribution in [3.8, 4) is 0 Å². The summed E-state index contributed by atoms with van der Waals surface area (Å²) in [5.41, 5.74) is 0. The summed E-state index contributed by atoms with van der Waals surface area (Å²) in [5, 5.41) is 9.92. The summed E-state index contributed by atoms with van der Waals surface area (Å²) >= 11 is 0. The first-order valence-electron chi connectivity index (χ1n) is 7.94. The Balaban J connectivity index is 1.58. The predicted molar refractivity (Wildman–Crippen MR) is 71.6 cm³/mol. The van der Waals surface area contributed by atoms with E-state index in [1.54, 1.807) is 0 Å². The van der Waals surface area contributed by atoms with E-state index in [0.717, 1.165) is 45.3 Å². The Labute approximate surface area is 114 Å². The maximum atomic E-state index is 12.1. The molecule has 5 atom stereocenters. The van der Waals surface area contributed by atoms with E-state index in [4.69, 9.17) is 0 Å². The highest BCUT2D eigenvalue weighted by Crippen LogP contribution is 2.42. The van der Waals surface area contributed by atoms with E-state index >= 15 is 0 Å². The van der Waals surface area contributed by atoms with Crippen LogP contribution in [-0.2, 0) is 4.79 Å². The summed E-state index contributed by atoms with van der Waals surface area (Å²) < 4.78 is 0. The number of aliphatic hydroxyl groups is 1. The van der Waals surface area contributed by atoms with Gasteiger partial charge in [0.1, 0.15) is 0 Å². The van der Waals surface area contributed by atoms with Crippen molar-refractivity contribution in [1.29, 1.82) is 0 Å². The van der Waals surface area contributed by atoms with Crippen LogP contribution >= 0.6 is 0 Å². The number of aliphatic hydroxyl groups excluding tert-OH is 1. The minimum Gasteiger partial charge on any atom is -0.393 e. The molecule has 1 N–H and O–H groups in total. The molecule has 4 aliphatic rings. The lowest BCUT2D eigenvalue weighted by Gasteiger charge is -2.57. The molecular weight excluding hydrogens is 240 g/mol. The first-order chi connectivity index (χ1) is 9.22. The minimum absolute atomic E-state index is 0.118. The SMILES string of the molecule is O=C1CCCC2C3CC(CN12)C1C[C@H](O)CCN1C3. The summed E-state index contributed by atoms with van der Waals surface area (Å²) in [6.07, 6.45) is 6.07. The lowest BCUT2D eigenvalue weighted by molar-refractivity contribution is -0.150. The van der Waals surface area contributed by atoms with Crippen molar-refractivity contribution in [2.45, 2.75) is 56.7 Å². The van der Waals surface area contributed by atoms with E-state index in [0.29, 0.717) is 29.8 Å². The van der Waals surface area contributed by atoms with Gasteiger partial charge in [-0.25, -0.2) is 0 Å². The normalized spacial score (nSPS) is 46.7. The van der Waals surface area contributed by atoms with Gasteiger partial charge in [-0.05, 0) is 43.9 Å². The topological polar surface area (TPSA) is 43.8 Å². The van der Waals surface area contributed by atoms with Gasteiger partial charge < -0.3 is 10.0 Å². The lowest BCUT2D eigenvalue weighted by Crippen LogP contribution is -2.65. The molecule has 0 radical (unpaired) electrons. The van der Waals surface area contributed by atoms with Gasteiger partial charge in [0.15, 0.2) is 0 Å². The standard InChI is InChI=1S/C15H24N2O2/c18-12-4-5-16-8-10-6-11(14(16)7-12)9-17-13(10)2-1-3-15(17)19/h10-14,18H,1-9H2/t10?,11?,12-,13?,14?/m1/s1. The summed E-state index contributed by atoms with van der Waals surface area (Å²) in [5.74, 6) is 1.68. The van der Waals surface area contributed by atoms with E-state index < -0.39 is 0 Å². The molecule has 0 aromatic rings. The van der Waals surface area contributed by atoms with Crippen LogP contribution in [0.4, 0.5) is 0 Å². The van der Waals surface area contributed by atoms with Crippen LogP contribution in [0.2, 0.25) is 0 Å². The van der Waals surface area contributed by atoms with Gasteiger partial charge in [0.25, 0.3) is 0 Å². The number of hydrogen-bond acceptors (Lipinski definition) is 3. The average Bonchev–Trinajstić information content (AvgIpc) is 2.41. The van der Waals surface area contributed by atoms with E-state index in [9.17, 15) is 9.90 Å². The molecule has 0 saturated carbocycles. The Morgan fingerprint density at radius 1 is 1.05 bits per heavy atom. The van der Waals surface area contributed by atoms with E-state index in [1.165, 1.54) is 12.8 Å². The third-order valence-electron chi connectivity index (χ3n) is 5.94. The largest absolute Gasteiger partial charge is 0.393 e. The number of rotatable bonds is 0. The van der Waals surface area contributed by atoms with Crippen LogP contribution in [0.15, 0.2) is 0 Å². The summed E-state index contributed by atoms with van der Waals surface area (Å²) in [7, 11) is 0. The number of nitrogens with zero attached hydrogens (tertiary/aromatic N) is 2. The fourth-order valence-corrected chi connectivity index (χ4v) is 5.07. The van der Waals surface area contributed by atoms with Gasteiger partial charge in [0.05, 0.1) is 6.10 Å². The molecule has 1 amide bonds. The number of piperidine rings is 4. The molecule has 19 heavy (non-hydrogen) atoms. The van der Waals surface area contributed by atoms with Crippen molar-refractivity contribution in [3.63, 3.8) is 0 Å². The van der Waals surface area contributed by atoms with Gasteiger partial charge in [-0.15, -0.1) is 0 Å². The van der Waals surface area contributed by atoms with Crippen molar-refractivity contribution < 1.29 is 9.90 Å². The van der Waals surface area contributed by atoms with Gasteiger partial charge in [0, 0.05) is 38.1 Å². The van der Waals surface area contributed by atoms with Crippen LogP contribution in [0.1, 0.15) is 38.5 Å². The predicted octanol–water partition coefficient (Wildman–Crippen LogP) is 0.843. The molecule has 4 heteroatoms. The molecule has 4 saturated heterocycles. The van der Waals surface area contributed by atoms with Crippen LogP contribution in [0.3, 0.4) is 0 Å². The van der Waals surface area contributed by atoms with E-state index in [1.807, 2.05) is 0 Å². The molecule has 0 aliphatic carbocycles. The third-order valence-corrected chi connectivity index (χ3v) is 5.94. The summed E-state index contributed by atoms with van der Waals surface area (Å²) in [6, 6.07) is 1.04. The Bertz CT molecular complexity index is 386. The van der Waals surface area contributed by atoms with Crippen molar-refractivity contribution >= 4 is 5.91 Å². The molecule has 4 rings (SSSR count). The molecule has 0 aromatic carbocycles. The Kier molecular flexibility index (Phi) is 2.85. The molecule has 0 spiro atoms. The molecule has 2 bridgehead atoms. The second kappa shape index (κ2) is 4.45. The monoisotopic (exact) mass is 264 g/mol. The summed E-state index contributed by atoms with van der Waals surface area (Å²) in [4.78, 5) is 17.0. The molecule has 4 fully saturated rings. The fraction of sp³-hybridized carbons (Fsp3) is 0.933. The smallest absolute Gasteiger partial charge is 0.222 e. The molecule has 4 aliphatic heterocycles. The van der Waals surface area contributed by atoms with E-state index in [2.05, 4.69) is 9.80 Å². The van der Waals surface area contributed by atoms with Crippen molar-refractivity contribution in [1.82, 2.24) is 9.80 Å². The number of fused-ring (bicyclic) bond motifs is 6. The maximum absolute atomic E-state index is 12.1. The molecule has 0 aromatic heterocycles. The molecule has 4 unspecified atom stereocenters. The zero-order chi connectivity index (χ0) is 13.0. The zero-order valence-electron chi connectivity index (χ0n) is 11.5. The van der Waals surface area contributed by atoms with Gasteiger partial charge in [-0.2, -0.15) is 0 Å². The van der Waals surface area contributed by atoms with Gasteiger partial charge in [-0.3, -0.25) is 9.69 Å². The lowest BCUT2D eigenvalue weighted by atomic mass is 9.70. The number of hydrogen-bond donors (Lipinski definition) is 1. The molecule has 4 nitrogen and oxygen atoms in total.